The van der Waals surface area contributed by atoms with Crippen LogP contribution in [-0.4, -0.2) is 26.6 Å². The van der Waals surface area contributed by atoms with Gasteiger partial charge in [-0.2, -0.15) is 0 Å². The third kappa shape index (κ3) is 11.2. The molecule has 0 aliphatic rings. The maximum Gasteiger partial charge on any atom is 0.305 e. The molecule has 0 bridgehead atoms. The smallest absolute Gasteiger partial charge is 0.305 e. The van der Waals surface area contributed by atoms with Crippen molar-refractivity contribution in [2.24, 2.45) is 5.73 Å². The van der Waals surface area contributed by atoms with Crippen LogP contribution >= 0.6 is 0 Å². The Morgan fingerprint density at radius 2 is 1.69 bits per heavy atom. The molecule has 2 N–H and O–H groups in total. The van der Waals surface area contributed by atoms with Gasteiger partial charge in [-0.05, 0) is 18.9 Å². The summed E-state index contributed by atoms with van der Waals surface area (Å²) in [6, 6.07) is 1.00. The molecule has 1 amide bonds. The molecular weight excluding hydrogens is 222 g/mol. The molecule has 4 nitrogen and oxygen atoms in total. The van der Waals surface area contributed by atoms with Gasteiger partial charge in [0.05, 0.1) is 6.61 Å². The van der Waals surface area contributed by atoms with Crippen molar-refractivity contribution in [2.75, 3.05) is 6.61 Å². The molecule has 0 aliphatic heterocycles. The van der Waals surface area contributed by atoms with E-state index in [4.69, 9.17) is 10.5 Å². The molecule has 0 fully saturated rings. The number of hydrogen-bond donors (Lipinski definition) is 1. The second kappa shape index (κ2) is 7.43. The van der Waals surface area contributed by atoms with Gasteiger partial charge in [0.25, 0.3) is 0 Å². The molecule has 0 unspecified atom stereocenters. The van der Waals surface area contributed by atoms with E-state index in [1.165, 1.54) is 0 Å². The summed E-state index contributed by atoms with van der Waals surface area (Å²) >= 11 is 0. The summed E-state index contributed by atoms with van der Waals surface area (Å²) in [6.45, 7) is 7.26. The summed E-state index contributed by atoms with van der Waals surface area (Å²) in [5.74, 6) is -0.477. The fraction of sp³-hybridized carbons (Fsp3) is 0.818. The first-order chi connectivity index (χ1) is 7.31. The highest BCUT2D eigenvalue weighted by molar-refractivity contribution is 6.76. The fourth-order valence-electron chi connectivity index (χ4n) is 1.11. The molecule has 0 saturated heterocycles. The Morgan fingerprint density at radius 1 is 1.12 bits per heavy atom. The molecular formula is C11H23NO3Si. The first-order valence-electron chi connectivity index (χ1n) is 5.75. The van der Waals surface area contributed by atoms with Crippen LogP contribution in [0.15, 0.2) is 0 Å². The standard InChI is InChI=1S/C11H23NO3Si/c1-16(2,3)9-8-15-11(14)7-5-4-6-10(12)13/h4-9H2,1-3H3,(H2,12,13). The Morgan fingerprint density at radius 3 is 2.19 bits per heavy atom. The van der Waals surface area contributed by atoms with Gasteiger partial charge in [-0.1, -0.05) is 19.6 Å². The van der Waals surface area contributed by atoms with E-state index in [9.17, 15) is 9.59 Å². The molecule has 0 heterocycles. The average molecular weight is 245 g/mol. The minimum atomic E-state index is -1.12. The highest BCUT2D eigenvalue weighted by Gasteiger charge is 2.13. The molecule has 0 aromatic carbocycles. The Hall–Kier alpha value is -0.843. The van der Waals surface area contributed by atoms with Crippen LogP contribution in [0.2, 0.25) is 25.7 Å². The van der Waals surface area contributed by atoms with Crippen molar-refractivity contribution in [3.8, 4) is 0 Å². The molecule has 16 heavy (non-hydrogen) atoms. The Bertz CT molecular complexity index is 236. The summed E-state index contributed by atoms with van der Waals surface area (Å²) in [5, 5.41) is 0. The van der Waals surface area contributed by atoms with Crippen molar-refractivity contribution < 1.29 is 14.3 Å². The lowest BCUT2D eigenvalue weighted by Crippen LogP contribution is -2.22. The number of primary amides is 1. The van der Waals surface area contributed by atoms with Crippen molar-refractivity contribution in [3.63, 3.8) is 0 Å². The fourth-order valence-corrected chi connectivity index (χ4v) is 1.83. The SMILES string of the molecule is C[Si](C)(C)CCOC(=O)CCCCC(N)=O. The Kier molecular flexibility index (Phi) is 7.04. The van der Waals surface area contributed by atoms with E-state index in [2.05, 4.69) is 19.6 Å². The summed E-state index contributed by atoms with van der Waals surface area (Å²) < 4.78 is 5.10. The van der Waals surface area contributed by atoms with Gasteiger partial charge in [-0.15, -0.1) is 0 Å². The normalized spacial score (nSPS) is 11.2. The molecule has 0 radical (unpaired) electrons. The highest BCUT2D eigenvalue weighted by Crippen LogP contribution is 2.08. The molecule has 0 atom stereocenters. The molecule has 94 valence electrons. The number of esters is 1. The van der Waals surface area contributed by atoms with Crippen LogP contribution in [0.5, 0.6) is 0 Å². The number of nitrogens with two attached hydrogens (primary N) is 1. The van der Waals surface area contributed by atoms with Crippen LogP contribution in [0.3, 0.4) is 0 Å². The van der Waals surface area contributed by atoms with Crippen LogP contribution in [0, 0.1) is 0 Å². The number of carbonyl (C=O) groups excluding carboxylic acids is 2. The summed E-state index contributed by atoms with van der Waals surface area (Å²) in [5.41, 5.74) is 4.99. The lowest BCUT2D eigenvalue weighted by Gasteiger charge is -2.15. The summed E-state index contributed by atoms with van der Waals surface area (Å²) in [4.78, 5) is 21.7. The lowest BCUT2D eigenvalue weighted by molar-refractivity contribution is -0.143. The average Bonchev–Trinajstić information content (AvgIpc) is 2.10. The van der Waals surface area contributed by atoms with E-state index >= 15 is 0 Å². The summed E-state index contributed by atoms with van der Waals surface area (Å²) in [6.07, 6.45) is 2.08. The topological polar surface area (TPSA) is 69.4 Å². The van der Waals surface area contributed by atoms with E-state index < -0.39 is 8.07 Å². The van der Waals surface area contributed by atoms with E-state index in [1.54, 1.807) is 0 Å². The zero-order valence-electron chi connectivity index (χ0n) is 10.5. The minimum Gasteiger partial charge on any atom is -0.466 e. The second-order valence-electron chi connectivity index (χ2n) is 5.20. The monoisotopic (exact) mass is 245 g/mol. The van der Waals surface area contributed by atoms with E-state index in [0.29, 0.717) is 32.3 Å². The number of unbranched alkanes of at least 4 members (excludes halogenated alkanes) is 1. The van der Waals surface area contributed by atoms with Gasteiger partial charge in [0.1, 0.15) is 0 Å². The number of ether oxygens (including phenoxy) is 1. The number of hydrogen-bond acceptors (Lipinski definition) is 3. The molecule has 0 aromatic rings. The van der Waals surface area contributed by atoms with Gasteiger partial charge in [0.2, 0.25) is 5.91 Å². The summed E-state index contributed by atoms with van der Waals surface area (Å²) in [7, 11) is -1.12. The number of amides is 1. The highest BCUT2D eigenvalue weighted by atomic mass is 28.3. The van der Waals surface area contributed by atoms with Gasteiger partial charge in [0, 0.05) is 20.9 Å². The minimum absolute atomic E-state index is 0.164. The van der Waals surface area contributed by atoms with Crippen molar-refractivity contribution in [3.05, 3.63) is 0 Å². The molecule has 0 aliphatic carbocycles. The van der Waals surface area contributed by atoms with Gasteiger partial charge >= 0.3 is 5.97 Å². The van der Waals surface area contributed by atoms with Crippen molar-refractivity contribution in [1.29, 1.82) is 0 Å². The molecule has 0 spiro atoms. The Labute approximate surface area is 98.5 Å². The lowest BCUT2D eigenvalue weighted by atomic mass is 10.2. The first-order valence-corrected chi connectivity index (χ1v) is 9.46. The van der Waals surface area contributed by atoms with Gasteiger partial charge < -0.3 is 10.5 Å². The predicted octanol–water partition coefficient (Wildman–Crippen LogP) is 1.91. The number of carbonyl (C=O) groups is 2. The van der Waals surface area contributed by atoms with Crippen LogP contribution in [0.1, 0.15) is 25.7 Å². The Balaban J connectivity index is 3.42. The molecule has 0 aromatic heterocycles. The van der Waals surface area contributed by atoms with Gasteiger partial charge in [-0.25, -0.2) is 0 Å². The quantitative estimate of drug-likeness (QED) is 0.403. The van der Waals surface area contributed by atoms with Crippen molar-refractivity contribution >= 4 is 20.0 Å². The molecule has 0 saturated carbocycles. The third-order valence-electron chi connectivity index (χ3n) is 2.17. The molecule has 5 heteroatoms. The zero-order valence-corrected chi connectivity index (χ0v) is 11.5. The largest absolute Gasteiger partial charge is 0.466 e. The third-order valence-corrected chi connectivity index (χ3v) is 3.87. The van der Waals surface area contributed by atoms with E-state index in [-0.39, 0.29) is 11.9 Å². The van der Waals surface area contributed by atoms with Crippen molar-refractivity contribution in [1.82, 2.24) is 0 Å². The maximum absolute atomic E-state index is 11.3. The van der Waals surface area contributed by atoms with Gasteiger partial charge in [-0.3, -0.25) is 9.59 Å². The van der Waals surface area contributed by atoms with Crippen LogP contribution in [-0.2, 0) is 14.3 Å². The van der Waals surface area contributed by atoms with Crippen LogP contribution < -0.4 is 5.73 Å². The first kappa shape index (κ1) is 15.2. The van der Waals surface area contributed by atoms with Gasteiger partial charge in [0.15, 0.2) is 0 Å². The van der Waals surface area contributed by atoms with E-state index in [0.717, 1.165) is 6.04 Å². The zero-order chi connectivity index (χ0) is 12.6. The maximum atomic E-state index is 11.3. The number of rotatable bonds is 8. The molecule has 0 rings (SSSR count). The van der Waals surface area contributed by atoms with Crippen molar-refractivity contribution in [2.45, 2.75) is 51.4 Å². The second-order valence-corrected chi connectivity index (χ2v) is 10.8. The van der Waals surface area contributed by atoms with E-state index in [1.807, 2.05) is 0 Å². The van der Waals surface area contributed by atoms with Crippen LogP contribution in [0.25, 0.3) is 0 Å². The predicted molar refractivity (Wildman–Crippen MR) is 66.8 cm³/mol. The van der Waals surface area contributed by atoms with Crippen LogP contribution in [0.4, 0.5) is 0 Å².